The molecule has 0 aliphatic heterocycles. The van der Waals surface area contributed by atoms with E-state index in [1.807, 2.05) is 25.2 Å². The first-order valence-electron chi connectivity index (χ1n) is 8.49. The van der Waals surface area contributed by atoms with E-state index in [1.54, 1.807) is 0 Å². The highest BCUT2D eigenvalue weighted by molar-refractivity contribution is 7.45. The van der Waals surface area contributed by atoms with Crippen LogP contribution in [0.25, 0.3) is 10.8 Å². The van der Waals surface area contributed by atoms with Gasteiger partial charge in [0.05, 0.1) is 6.61 Å². The molecular weight excluding hydrogens is 365 g/mol. The van der Waals surface area contributed by atoms with Crippen LogP contribution in [0.2, 0.25) is 0 Å². The third kappa shape index (κ3) is 7.51. The first kappa shape index (κ1) is 21.1. The lowest BCUT2D eigenvalue weighted by molar-refractivity contribution is 0.275. The second kappa shape index (κ2) is 10.2. The quantitative estimate of drug-likeness (QED) is 0.481. The Balaban J connectivity index is 0.000000465. The van der Waals surface area contributed by atoms with Gasteiger partial charge in [-0.3, -0.25) is 0 Å². The molecule has 0 radical (unpaired) electrons. The number of nitrogens with one attached hydrogen (secondary N) is 1. The van der Waals surface area contributed by atoms with Gasteiger partial charge in [0.2, 0.25) is 0 Å². The maximum absolute atomic E-state index is 8.88. The fraction of sp³-hybridized carbons (Fsp3) is 0.200. The summed E-state index contributed by atoms with van der Waals surface area (Å²) in [7, 11) is -2.64. The molecule has 7 heteroatoms. The average Bonchev–Trinajstić information content (AvgIpc) is 2.65. The molecule has 0 aromatic heterocycles. The number of ether oxygens (including phenoxy) is 1. The minimum atomic E-state index is -4.64. The van der Waals surface area contributed by atoms with Gasteiger partial charge in [-0.25, -0.2) is 4.57 Å². The minimum absolute atomic E-state index is 0.316. The first-order valence-corrected chi connectivity index (χ1v) is 10.1. The number of hydrogen-bond donors (Lipinski definition) is 4. The van der Waals surface area contributed by atoms with E-state index >= 15 is 0 Å². The van der Waals surface area contributed by atoms with Crippen molar-refractivity contribution in [3.05, 3.63) is 78.4 Å². The van der Waals surface area contributed by atoms with Gasteiger partial charge < -0.3 is 24.7 Å². The Morgan fingerprint density at radius 2 is 1.52 bits per heavy atom. The van der Waals surface area contributed by atoms with Crippen molar-refractivity contribution in [2.75, 3.05) is 13.7 Å². The van der Waals surface area contributed by atoms with Crippen LogP contribution in [0.15, 0.2) is 72.8 Å². The maximum atomic E-state index is 8.88. The Hall–Kier alpha value is -2.21. The average molecular weight is 389 g/mol. The van der Waals surface area contributed by atoms with E-state index in [0.717, 1.165) is 12.2 Å². The lowest BCUT2D eigenvalue weighted by atomic mass is 10.0. The highest BCUT2D eigenvalue weighted by Gasteiger charge is 2.09. The predicted molar refractivity (Wildman–Crippen MR) is 107 cm³/mol. The molecule has 0 saturated heterocycles. The SMILES string of the molecule is CNC(CCOc1cccc2ccccc12)c1ccccc1.O=P(O)(O)O. The summed E-state index contributed by atoms with van der Waals surface area (Å²) in [4.78, 5) is 21.6. The van der Waals surface area contributed by atoms with E-state index in [2.05, 4.69) is 59.9 Å². The number of fused-ring (bicyclic) bond motifs is 1. The molecule has 0 heterocycles. The smallest absolute Gasteiger partial charge is 0.466 e. The van der Waals surface area contributed by atoms with Crippen molar-refractivity contribution in [3.63, 3.8) is 0 Å². The van der Waals surface area contributed by atoms with E-state index in [4.69, 9.17) is 24.0 Å². The number of rotatable bonds is 6. The molecule has 0 aliphatic rings. The van der Waals surface area contributed by atoms with Gasteiger partial charge in [-0.2, -0.15) is 0 Å². The van der Waals surface area contributed by atoms with Gasteiger partial charge in [0, 0.05) is 17.8 Å². The molecule has 144 valence electrons. The number of hydrogen-bond acceptors (Lipinski definition) is 3. The second-order valence-electron chi connectivity index (χ2n) is 5.88. The van der Waals surface area contributed by atoms with Crippen molar-refractivity contribution in [1.82, 2.24) is 5.32 Å². The Bertz CT molecular complexity index is 868. The normalized spacial score (nSPS) is 12.1. The van der Waals surface area contributed by atoms with E-state index in [9.17, 15) is 0 Å². The van der Waals surface area contributed by atoms with Crippen LogP contribution in [0.4, 0.5) is 0 Å². The van der Waals surface area contributed by atoms with Crippen LogP contribution in [-0.4, -0.2) is 28.3 Å². The lowest BCUT2D eigenvalue weighted by Crippen LogP contribution is -2.19. The zero-order chi connectivity index (χ0) is 19.7. The van der Waals surface area contributed by atoms with Crippen LogP contribution in [-0.2, 0) is 4.57 Å². The molecule has 0 aliphatic carbocycles. The van der Waals surface area contributed by atoms with E-state index < -0.39 is 7.82 Å². The van der Waals surface area contributed by atoms with Crippen LogP contribution < -0.4 is 10.1 Å². The molecular formula is C20H24NO5P. The molecule has 0 amide bonds. The van der Waals surface area contributed by atoms with Gasteiger partial charge in [0.15, 0.2) is 0 Å². The van der Waals surface area contributed by atoms with Crippen molar-refractivity contribution in [1.29, 1.82) is 0 Å². The number of phosphoric acid groups is 1. The molecule has 3 aromatic rings. The summed E-state index contributed by atoms with van der Waals surface area (Å²) in [5.74, 6) is 0.959. The fourth-order valence-corrected chi connectivity index (χ4v) is 2.77. The largest absolute Gasteiger partial charge is 0.493 e. The van der Waals surface area contributed by atoms with Crippen LogP contribution in [0.5, 0.6) is 5.75 Å². The van der Waals surface area contributed by atoms with Gasteiger partial charge in [-0.15, -0.1) is 0 Å². The molecule has 3 rings (SSSR count). The molecule has 27 heavy (non-hydrogen) atoms. The molecule has 3 aromatic carbocycles. The molecule has 0 fully saturated rings. The summed E-state index contributed by atoms with van der Waals surface area (Å²) in [6, 6.07) is 25.3. The zero-order valence-electron chi connectivity index (χ0n) is 15.0. The Morgan fingerprint density at radius 3 is 2.19 bits per heavy atom. The molecule has 1 atom stereocenters. The predicted octanol–water partition coefficient (Wildman–Crippen LogP) is 3.64. The summed E-state index contributed by atoms with van der Waals surface area (Å²) >= 11 is 0. The van der Waals surface area contributed by atoms with Crippen molar-refractivity contribution in [2.45, 2.75) is 12.5 Å². The molecule has 1 unspecified atom stereocenters. The Kier molecular flexibility index (Phi) is 7.98. The van der Waals surface area contributed by atoms with Gasteiger partial charge in [-0.05, 0) is 24.1 Å². The van der Waals surface area contributed by atoms with Crippen LogP contribution in [0, 0.1) is 0 Å². The summed E-state index contributed by atoms with van der Waals surface area (Å²) in [5.41, 5.74) is 1.30. The van der Waals surface area contributed by atoms with E-state index in [0.29, 0.717) is 12.6 Å². The third-order valence-electron chi connectivity index (χ3n) is 3.96. The second-order valence-corrected chi connectivity index (χ2v) is 6.91. The standard InChI is InChI=1S/C20H21NO.H3O4P/c1-21-19(17-9-3-2-4-10-17)14-15-22-20-13-7-11-16-8-5-6-12-18(16)20;1-5(2,3)4/h2-13,19,21H,14-15H2,1H3;(H3,1,2,3,4). The topological polar surface area (TPSA) is 99.0 Å². The fourth-order valence-electron chi connectivity index (χ4n) is 2.77. The number of benzene rings is 3. The summed E-state index contributed by atoms with van der Waals surface area (Å²) in [6.45, 7) is 0.689. The molecule has 4 N–H and O–H groups in total. The van der Waals surface area contributed by atoms with Crippen molar-refractivity contribution in [3.8, 4) is 5.75 Å². The maximum Gasteiger partial charge on any atom is 0.466 e. The summed E-state index contributed by atoms with van der Waals surface area (Å²) in [5, 5.41) is 5.75. The van der Waals surface area contributed by atoms with Gasteiger partial charge in [-0.1, -0.05) is 66.7 Å². The van der Waals surface area contributed by atoms with Gasteiger partial charge in [0.25, 0.3) is 0 Å². The first-order chi connectivity index (χ1) is 12.9. The molecule has 0 spiro atoms. The van der Waals surface area contributed by atoms with E-state index in [1.165, 1.54) is 16.3 Å². The van der Waals surface area contributed by atoms with Crippen molar-refractivity contribution < 1.29 is 24.0 Å². The monoisotopic (exact) mass is 389 g/mol. The van der Waals surface area contributed by atoms with Gasteiger partial charge in [0.1, 0.15) is 5.75 Å². The Labute approximate surface area is 158 Å². The zero-order valence-corrected chi connectivity index (χ0v) is 15.9. The van der Waals surface area contributed by atoms with Gasteiger partial charge >= 0.3 is 7.82 Å². The van der Waals surface area contributed by atoms with E-state index in [-0.39, 0.29) is 0 Å². The third-order valence-corrected chi connectivity index (χ3v) is 3.96. The minimum Gasteiger partial charge on any atom is -0.493 e. The molecule has 0 bridgehead atoms. The molecule has 6 nitrogen and oxygen atoms in total. The van der Waals surface area contributed by atoms with Crippen molar-refractivity contribution >= 4 is 18.6 Å². The molecule has 0 saturated carbocycles. The summed E-state index contributed by atoms with van der Waals surface area (Å²) in [6.07, 6.45) is 0.934. The lowest BCUT2D eigenvalue weighted by Gasteiger charge is -2.17. The van der Waals surface area contributed by atoms with Crippen LogP contribution >= 0.6 is 7.82 Å². The Morgan fingerprint density at radius 1 is 0.926 bits per heavy atom. The highest BCUT2D eigenvalue weighted by Crippen LogP contribution is 2.26. The van der Waals surface area contributed by atoms with Crippen LogP contribution in [0.3, 0.4) is 0 Å². The highest BCUT2D eigenvalue weighted by atomic mass is 31.2. The van der Waals surface area contributed by atoms with Crippen LogP contribution in [0.1, 0.15) is 18.0 Å². The summed E-state index contributed by atoms with van der Waals surface area (Å²) < 4.78 is 14.9. The van der Waals surface area contributed by atoms with Crippen molar-refractivity contribution in [2.24, 2.45) is 0 Å².